The fraction of sp³-hybridized carbons (Fsp3) is 0.300. The number of benzene rings is 1. The lowest BCUT2D eigenvalue weighted by atomic mass is 10.1. The molecule has 0 bridgehead atoms. The van der Waals surface area contributed by atoms with Crippen LogP contribution in [0.5, 0.6) is 0 Å². The molecule has 0 aliphatic heterocycles. The Hall–Kier alpha value is -3.20. The molecule has 154 valence electrons. The van der Waals surface area contributed by atoms with Crippen LogP contribution in [0.25, 0.3) is 0 Å². The number of thiophene rings is 1. The van der Waals surface area contributed by atoms with Crippen molar-refractivity contribution in [3.05, 3.63) is 51.4 Å². The molecule has 9 heteroatoms. The van der Waals surface area contributed by atoms with Crippen LogP contribution in [0, 0.1) is 13.8 Å². The van der Waals surface area contributed by atoms with Gasteiger partial charge in [-0.1, -0.05) is 17.7 Å². The number of carbonyl (C=O) groups excluding carboxylic acids is 4. The zero-order valence-electron chi connectivity index (χ0n) is 16.6. The topological polar surface area (TPSA) is 111 Å². The Morgan fingerprint density at radius 1 is 0.931 bits per heavy atom. The fourth-order valence-electron chi connectivity index (χ4n) is 2.47. The first-order valence-electron chi connectivity index (χ1n) is 8.95. The molecule has 0 radical (unpaired) electrons. The molecule has 0 fully saturated rings. The van der Waals surface area contributed by atoms with E-state index >= 15 is 0 Å². The normalized spacial score (nSPS) is 10.2. The van der Waals surface area contributed by atoms with Crippen LogP contribution in [0.2, 0.25) is 0 Å². The molecule has 0 unspecified atom stereocenters. The second-order valence-corrected chi connectivity index (χ2v) is 7.00. The number of ether oxygens (including phenoxy) is 2. The largest absolute Gasteiger partial charge is 0.462 e. The average molecular weight is 418 g/mol. The van der Waals surface area contributed by atoms with Gasteiger partial charge in [0.25, 0.3) is 11.8 Å². The van der Waals surface area contributed by atoms with Gasteiger partial charge >= 0.3 is 12.1 Å². The van der Waals surface area contributed by atoms with Gasteiger partial charge in [-0.15, -0.1) is 11.3 Å². The molecule has 0 aliphatic rings. The van der Waals surface area contributed by atoms with Crippen molar-refractivity contribution in [2.45, 2.75) is 27.7 Å². The van der Waals surface area contributed by atoms with E-state index < -0.39 is 23.9 Å². The van der Waals surface area contributed by atoms with E-state index in [1.54, 1.807) is 45.0 Å². The first-order valence-corrected chi connectivity index (χ1v) is 9.76. The van der Waals surface area contributed by atoms with Crippen LogP contribution in [0.4, 0.5) is 9.80 Å². The number of imide groups is 1. The van der Waals surface area contributed by atoms with E-state index in [0.29, 0.717) is 11.1 Å². The first kappa shape index (κ1) is 22.1. The van der Waals surface area contributed by atoms with Crippen molar-refractivity contribution >= 4 is 40.2 Å². The van der Waals surface area contributed by atoms with E-state index in [1.807, 2.05) is 6.92 Å². The van der Waals surface area contributed by atoms with Gasteiger partial charge in [0.1, 0.15) is 9.88 Å². The molecular weight excluding hydrogens is 396 g/mol. The molecule has 1 aromatic heterocycles. The van der Waals surface area contributed by atoms with Crippen molar-refractivity contribution in [2.75, 3.05) is 18.5 Å². The van der Waals surface area contributed by atoms with E-state index in [-0.39, 0.29) is 28.7 Å². The van der Waals surface area contributed by atoms with Gasteiger partial charge in [-0.25, -0.2) is 9.59 Å². The molecule has 8 nitrogen and oxygen atoms in total. The fourth-order valence-corrected chi connectivity index (χ4v) is 3.56. The van der Waals surface area contributed by atoms with Gasteiger partial charge in [0.05, 0.1) is 18.8 Å². The summed E-state index contributed by atoms with van der Waals surface area (Å²) in [6, 6.07) is 6.87. The monoisotopic (exact) mass is 418 g/mol. The van der Waals surface area contributed by atoms with Crippen molar-refractivity contribution in [3.8, 4) is 0 Å². The second kappa shape index (κ2) is 9.83. The number of rotatable bonds is 6. The maximum absolute atomic E-state index is 12.6. The molecule has 0 atom stereocenters. The minimum Gasteiger partial charge on any atom is -0.462 e. The van der Waals surface area contributed by atoms with Crippen LogP contribution in [-0.2, 0) is 9.47 Å². The predicted octanol–water partition coefficient (Wildman–Crippen LogP) is 3.68. The summed E-state index contributed by atoms with van der Waals surface area (Å²) < 4.78 is 9.74. The molecule has 0 saturated heterocycles. The molecule has 0 spiro atoms. The lowest BCUT2D eigenvalue weighted by Crippen LogP contribution is -2.32. The standard InChI is InChI=1S/C20H22N2O6S/c1-5-27-19(25)15-12(4)14(17(24)22-20(26)28-6-2)18(29-15)21-16(23)13-9-7-11(3)8-10-13/h7-10H,5-6H2,1-4H3,(H,21,23)(H,22,24,26). The molecule has 0 aliphatic carbocycles. The quantitative estimate of drug-likeness (QED) is 0.693. The summed E-state index contributed by atoms with van der Waals surface area (Å²) in [5.41, 5.74) is 1.68. The number of esters is 1. The number of alkyl carbamates (subject to hydrolysis) is 1. The summed E-state index contributed by atoms with van der Waals surface area (Å²) in [5.74, 6) is -1.85. The Labute approximate surface area is 172 Å². The van der Waals surface area contributed by atoms with E-state index in [4.69, 9.17) is 9.47 Å². The summed E-state index contributed by atoms with van der Waals surface area (Å²) in [6.07, 6.45) is -0.920. The Balaban J connectivity index is 2.39. The zero-order chi connectivity index (χ0) is 21.6. The second-order valence-electron chi connectivity index (χ2n) is 5.98. The molecular formula is C20H22N2O6S. The zero-order valence-corrected chi connectivity index (χ0v) is 17.4. The van der Waals surface area contributed by atoms with Crippen LogP contribution in [-0.4, -0.2) is 37.1 Å². The van der Waals surface area contributed by atoms with Crippen LogP contribution >= 0.6 is 11.3 Å². The molecule has 1 heterocycles. The van der Waals surface area contributed by atoms with Crippen LogP contribution in [0.3, 0.4) is 0 Å². The highest BCUT2D eigenvalue weighted by atomic mass is 32.1. The minimum absolute atomic E-state index is 0.00608. The Morgan fingerprint density at radius 2 is 1.55 bits per heavy atom. The van der Waals surface area contributed by atoms with Crippen LogP contribution in [0.1, 0.15) is 55.4 Å². The number of nitrogens with one attached hydrogen (secondary N) is 2. The first-order chi connectivity index (χ1) is 13.8. The summed E-state index contributed by atoms with van der Waals surface area (Å²) in [7, 11) is 0. The Kier molecular flexibility index (Phi) is 7.49. The number of hydrogen-bond acceptors (Lipinski definition) is 7. The van der Waals surface area contributed by atoms with Crippen molar-refractivity contribution in [2.24, 2.45) is 0 Å². The molecule has 1 aromatic carbocycles. The molecule has 29 heavy (non-hydrogen) atoms. The van der Waals surface area contributed by atoms with E-state index in [0.717, 1.165) is 16.9 Å². The van der Waals surface area contributed by atoms with E-state index in [2.05, 4.69) is 10.6 Å². The van der Waals surface area contributed by atoms with Gasteiger partial charge < -0.3 is 14.8 Å². The van der Waals surface area contributed by atoms with Gasteiger partial charge in [0.15, 0.2) is 0 Å². The predicted molar refractivity (Wildman–Crippen MR) is 109 cm³/mol. The maximum Gasteiger partial charge on any atom is 0.414 e. The molecule has 0 saturated carbocycles. The van der Waals surface area contributed by atoms with Crippen LogP contribution in [0.15, 0.2) is 24.3 Å². The highest BCUT2D eigenvalue weighted by Crippen LogP contribution is 2.34. The number of aryl methyl sites for hydroxylation is 1. The van der Waals surface area contributed by atoms with E-state index in [9.17, 15) is 19.2 Å². The average Bonchev–Trinajstić information content (AvgIpc) is 2.98. The third-order valence-electron chi connectivity index (χ3n) is 3.87. The summed E-state index contributed by atoms with van der Waals surface area (Å²) >= 11 is 0.910. The van der Waals surface area contributed by atoms with Crippen molar-refractivity contribution < 1.29 is 28.7 Å². The molecule has 2 rings (SSSR count). The number of amides is 3. The van der Waals surface area contributed by atoms with Gasteiger partial charge in [-0.2, -0.15) is 0 Å². The van der Waals surface area contributed by atoms with Crippen molar-refractivity contribution in [3.63, 3.8) is 0 Å². The van der Waals surface area contributed by atoms with Gasteiger partial charge in [0.2, 0.25) is 0 Å². The summed E-state index contributed by atoms with van der Waals surface area (Å²) in [6.45, 7) is 6.96. The molecule has 2 N–H and O–H groups in total. The summed E-state index contributed by atoms with van der Waals surface area (Å²) in [4.78, 5) is 49.2. The number of carbonyl (C=O) groups is 4. The highest BCUT2D eigenvalue weighted by molar-refractivity contribution is 7.18. The number of anilines is 1. The van der Waals surface area contributed by atoms with Gasteiger partial charge in [0, 0.05) is 5.56 Å². The SMILES string of the molecule is CCOC(=O)NC(=O)c1c(NC(=O)c2ccc(C)cc2)sc(C(=O)OCC)c1C. The van der Waals surface area contributed by atoms with E-state index in [1.165, 1.54) is 0 Å². The Bertz CT molecular complexity index is 933. The highest BCUT2D eigenvalue weighted by Gasteiger charge is 2.27. The van der Waals surface area contributed by atoms with Gasteiger partial charge in [-0.05, 0) is 45.4 Å². The Morgan fingerprint density at radius 3 is 2.14 bits per heavy atom. The van der Waals surface area contributed by atoms with Gasteiger partial charge in [-0.3, -0.25) is 14.9 Å². The maximum atomic E-state index is 12.6. The lowest BCUT2D eigenvalue weighted by Gasteiger charge is -2.08. The number of hydrogen-bond donors (Lipinski definition) is 2. The van der Waals surface area contributed by atoms with Crippen molar-refractivity contribution in [1.29, 1.82) is 0 Å². The van der Waals surface area contributed by atoms with Crippen LogP contribution < -0.4 is 10.6 Å². The minimum atomic E-state index is -0.920. The smallest absolute Gasteiger partial charge is 0.414 e. The summed E-state index contributed by atoms with van der Waals surface area (Å²) in [5, 5.41) is 4.87. The van der Waals surface area contributed by atoms with Crippen molar-refractivity contribution in [1.82, 2.24) is 5.32 Å². The molecule has 2 aromatic rings. The third kappa shape index (κ3) is 5.41. The molecule has 3 amide bonds. The lowest BCUT2D eigenvalue weighted by molar-refractivity contribution is 0.0531. The third-order valence-corrected chi connectivity index (χ3v) is 5.05.